The molecule has 1 aliphatic heterocycles. The summed E-state index contributed by atoms with van der Waals surface area (Å²) in [6.45, 7) is 10.9. The molecule has 0 amide bonds. The predicted molar refractivity (Wildman–Crippen MR) is 117 cm³/mol. The summed E-state index contributed by atoms with van der Waals surface area (Å²) in [6.07, 6.45) is 0. The van der Waals surface area contributed by atoms with Gasteiger partial charge in [0.2, 0.25) is 0 Å². The molecule has 0 saturated carbocycles. The van der Waals surface area contributed by atoms with Gasteiger partial charge < -0.3 is 19.7 Å². The number of nitrogens with zero attached hydrogens (tertiary/aromatic N) is 2. The van der Waals surface area contributed by atoms with E-state index in [0.29, 0.717) is 0 Å². The molecule has 0 bridgehead atoms. The van der Waals surface area contributed by atoms with Crippen molar-refractivity contribution in [1.82, 2.24) is 9.97 Å². The third-order valence-corrected chi connectivity index (χ3v) is 6.74. The lowest BCUT2D eigenvalue weighted by Gasteiger charge is -2.23. The molecule has 0 aliphatic carbocycles. The number of hydrogen-bond donors (Lipinski definition) is 2. The van der Waals surface area contributed by atoms with Crippen LogP contribution in [0.5, 0.6) is 5.75 Å². The number of nitrogens with one attached hydrogen (secondary N) is 2. The van der Waals surface area contributed by atoms with Crippen LogP contribution in [-0.2, 0) is 11.3 Å². The van der Waals surface area contributed by atoms with Crippen LogP contribution in [0.1, 0.15) is 34.8 Å². The van der Waals surface area contributed by atoms with Gasteiger partial charge in [0.25, 0.3) is 0 Å². The highest BCUT2D eigenvalue weighted by Crippen LogP contribution is 2.35. The Kier molecular flexibility index (Phi) is 5.99. The number of aryl methyl sites for hydroxylation is 2. The lowest BCUT2D eigenvalue weighted by Crippen LogP contribution is -3.12. The van der Waals surface area contributed by atoms with E-state index in [1.807, 2.05) is 18.2 Å². The molecule has 3 aromatic rings. The molecule has 0 radical (unpaired) electrons. The summed E-state index contributed by atoms with van der Waals surface area (Å²) in [5.41, 5.74) is 2.37. The van der Waals surface area contributed by atoms with Crippen molar-refractivity contribution in [2.75, 3.05) is 38.7 Å². The third-order valence-electron chi connectivity index (χ3n) is 5.64. The van der Waals surface area contributed by atoms with Crippen LogP contribution in [0.4, 0.5) is 5.82 Å². The number of thiophene rings is 1. The Morgan fingerprint density at radius 3 is 2.72 bits per heavy atom. The number of rotatable bonds is 6. The van der Waals surface area contributed by atoms with Gasteiger partial charge in [-0.25, -0.2) is 9.97 Å². The Morgan fingerprint density at radius 1 is 1.21 bits per heavy atom. The first kappa shape index (κ1) is 20.1. The highest BCUT2D eigenvalue weighted by molar-refractivity contribution is 7.18. The number of para-hydroxylation sites is 1. The van der Waals surface area contributed by atoms with E-state index >= 15 is 0 Å². The van der Waals surface area contributed by atoms with Crippen LogP contribution in [0, 0.1) is 13.8 Å². The molecule has 1 atom stereocenters. The van der Waals surface area contributed by atoms with E-state index in [0.717, 1.165) is 66.0 Å². The minimum Gasteiger partial charge on any atom is -0.496 e. The Labute approximate surface area is 175 Å². The van der Waals surface area contributed by atoms with Crippen LogP contribution in [-0.4, -0.2) is 43.4 Å². The Bertz CT molecular complexity index is 998. The molecule has 1 fully saturated rings. The van der Waals surface area contributed by atoms with Crippen LogP contribution in [0.25, 0.3) is 10.2 Å². The van der Waals surface area contributed by atoms with Crippen molar-refractivity contribution in [3.63, 3.8) is 0 Å². The lowest BCUT2D eigenvalue weighted by molar-refractivity contribution is -0.922. The molecule has 3 heterocycles. The molecule has 4 rings (SSSR count). The van der Waals surface area contributed by atoms with Gasteiger partial charge in [0.15, 0.2) is 5.82 Å². The summed E-state index contributed by atoms with van der Waals surface area (Å²) in [7, 11) is 1.71. The van der Waals surface area contributed by atoms with E-state index in [-0.39, 0.29) is 6.04 Å². The summed E-state index contributed by atoms with van der Waals surface area (Å²) in [6, 6.07) is 8.19. The Balaban J connectivity index is 1.69. The number of methoxy groups -OCH3 is 1. The van der Waals surface area contributed by atoms with Gasteiger partial charge in [-0.1, -0.05) is 18.2 Å². The molecule has 1 aliphatic rings. The maximum absolute atomic E-state index is 5.56. The van der Waals surface area contributed by atoms with Crippen molar-refractivity contribution >= 4 is 27.4 Å². The van der Waals surface area contributed by atoms with E-state index < -0.39 is 0 Å². The fourth-order valence-corrected chi connectivity index (χ4v) is 4.89. The summed E-state index contributed by atoms with van der Waals surface area (Å²) < 4.78 is 11.0. The molecule has 29 heavy (non-hydrogen) atoms. The highest BCUT2D eigenvalue weighted by atomic mass is 32.1. The molecule has 6 nitrogen and oxygen atoms in total. The molecule has 7 heteroatoms. The lowest BCUT2D eigenvalue weighted by atomic mass is 10.1. The van der Waals surface area contributed by atoms with Gasteiger partial charge in [-0.15, -0.1) is 11.3 Å². The van der Waals surface area contributed by atoms with E-state index in [1.54, 1.807) is 18.4 Å². The molecule has 154 valence electrons. The minimum atomic E-state index is 0.0624. The van der Waals surface area contributed by atoms with Gasteiger partial charge in [0, 0.05) is 10.4 Å². The highest BCUT2D eigenvalue weighted by Gasteiger charge is 2.21. The van der Waals surface area contributed by atoms with Crippen LogP contribution in [0.15, 0.2) is 24.3 Å². The zero-order valence-electron chi connectivity index (χ0n) is 17.5. The largest absolute Gasteiger partial charge is 0.496 e. The van der Waals surface area contributed by atoms with Gasteiger partial charge in [-0.3, -0.25) is 0 Å². The number of fused-ring (bicyclic) bond motifs is 1. The number of morpholine rings is 1. The van der Waals surface area contributed by atoms with Gasteiger partial charge in [-0.2, -0.15) is 0 Å². The van der Waals surface area contributed by atoms with Crippen LogP contribution in [0.2, 0.25) is 0 Å². The van der Waals surface area contributed by atoms with Crippen molar-refractivity contribution in [3.05, 3.63) is 46.1 Å². The molecule has 0 unspecified atom stereocenters. The zero-order chi connectivity index (χ0) is 20.4. The molecule has 0 spiro atoms. The smallest absolute Gasteiger partial charge is 0.187 e. The predicted octanol–water partition coefficient (Wildman–Crippen LogP) is 2.90. The van der Waals surface area contributed by atoms with Gasteiger partial charge in [-0.05, 0) is 32.4 Å². The van der Waals surface area contributed by atoms with E-state index in [9.17, 15) is 0 Å². The van der Waals surface area contributed by atoms with Gasteiger partial charge in [0.05, 0.1) is 31.8 Å². The van der Waals surface area contributed by atoms with Crippen molar-refractivity contribution in [2.24, 2.45) is 0 Å². The van der Waals surface area contributed by atoms with Gasteiger partial charge in [0.1, 0.15) is 36.0 Å². The van der Waals surface area contributed by atoms with Crippen molar-refractivity contribution in [3.8, 4) is 5.75 Å². The first-order valence-corrected chi connectivity index (χ1v) is 11.0. The molecule has 1 aromatic carbocycles. The number of ether oxygens (including phenoxy) is 2. The van der Waals surface area contributed by atoms with E-state index in [2.05, 4.69) is 32.2 Å². The maximum atomic E-state index is 5.56. The maximum Gasteiger partial charge on any atom is 0.187 e. The average molecular weight is 414 g/mol. The molecule has 1 saturated heterocycles. The topological polar surface area (TPSA) is 60.7 Å². The number of hydrogen-bond acceptors (Lipinski definition) is 6. The van der Waals surface area contributed by atoms with E-state index in [1.165, 1.54) is 15.3 Å². The fraction of sp³-hybridized carbons (Fsp3) is 0.455. The summed E-state index contributed by atoms with van der Waals surface area (Å²) in [5, 5.41) is 4.78. The third kappa shape index (κ3) is 4.22. The van der Waals surface area contributed by atoms with Crippen molar-refractivity contribution in [1.29, 1.82) is 0 Å². The molecular weight excluding hydrogens is 384 g/mol. The molecular formula is C22H29N4O2S+. The van der Waals surface area contributed by atoms with E-state index in [4.69, 9.17) is 19.4 Å². The minimum absolute atomic E-state index is 0.0624. The second kappa shape index (κ2) is 8.65. The number of anilines is 1. The number of benzene rings is 1. The van der Waals surface area contributed by atoms with Crippen LogP contribution in [0.3, 0.4) is 0 Å². The second-order valence-electron chi connectivity index (χ2n) is 7.60. The number of quaternary nitrogens is 1. The Hall–Kier alpha value is -2.22. The van der Waals surface area contributed by atoms with Gasteiger partial charge >= 0.3 is 0 Å². The van der Waals surface area contributed by atoms with Crippen molar-refractivity contribution < 1.29 is 14.4 Å². The fourth-order valence-electron chi connectivity index (χ4n) is 3.84. The molecule has 2 N–H and O–H groups in total. The number of aromatic nitrogens is 2. The van der Waals surface area contributed by atoms with Crippen molar-refractivity contribution in [2.45, 2.75) is 33.4 Å². The first-order chi connectivity index (χ1) is 14.1. The first-order valence-electron chi connectivity index (χ1n) is 10.1. The van der Waals surface area contributed by atoms with Crippen LogP contribution >= 0.6 is 11.3 Å². The Morgan fingerprint density at radius 2 is 1.97 bits per heavy atom. The normalized spacial score (nSPS) is 16.1. The SMILES string of the molecule is COc1ccccc1[C@@H](C)Nc1nc(C[NH+]2CCOCC2)nc2sc(C)c(C)c12. The second-order valence-corrected chi connectivity index (χ2v) is 8.80. The standard InChI is InChI=1S/C22H28N4O2S/c1-14-16(3)29-22-20(14)21(23-15(2)17-7-5-6-8-18(17)27-4)24-19(25-22)13-26-9-11-28-12-10-26/h5-8,15H,9-13H2,1-4H3,(H,23,24,25)/p+1/t15-/m1/s1. The summed E-state index contributed by atoms with van der Waals surface area (Å²) in [4.78, 5) is 13.7. The zero-order valence-corrected chi connectivity index (χ0v) is 18.4. The summed E-state index contributed by atoms with van der Waals surface area (Å²) in [5.74, 6) is 2.69. The average Bonchev–Trinajstić information content (AvgIpc) is 3.02. The van der Waals surface area contributed by atoms with Crippen LogP contribution < -0.4 is 15.0 Å². The quantitative estimate of drug-likeness (QED) is 0.651. The summed E-state index contributed by atoms with van der Waals surface area (Å²) >= 11 is 1.75. The monoisotopic (exact) mass is 413 g/mol. The molecule has 2 aromatic heterocycles.